The molecule has 37 heavy (non-hydrogen) atoms. The summed E-state index contributed by atoms with van der Waals surface area (Å²) in [5.41, 5.74) is 3.84. The number of nitrogens with zero attached hydrogens (tertiary/aromatic N) is 2. The van der Waals surface area contributed by atoms with Crippen LogP contribution in [0.1, 0.15) is 41.5 Å². The molecule has 3 aromatic rings. The van der Waals surface area contributed by atoms with Gasteiger partial charge < -0.3 is 14.2 Å². The van der Waals surface area contributed by atoms with Crippen LogP contribution in [0, 0.1) is 6.92 Å². The fourth-order valence-electron chi connectivity index (χ4n) is 6.79. The summed E-state index contributed by atoms with van der Waals surface area (Å²) in [6.07, 6.45) is 3.73. The van der Waals surface area contributed by atoms with E-state index in [9.17, 15) is 0 Å². The summed E-state index contributed by atoms with van der Waals surface area (Å²) in [5, 5.41) is 0. The molecule has 1 spiro atoms. The molecule has 4 aliphatic rings. The second kappa shape index (κ2) is 8.61. The van der Waals surface area contributed by atoms with Gasteiger partial charge in [-0.1, -0.05) is 42.8 Å². The van der Waals surface area contributed by atoms with E-state index in [0.717, 1.165) is 42.0 Å². The average Bonchev–Trinajstić information content (AvgIpc) is 3.59. The summed E-state index contributed by atoms with van der Waals surface area (Å²) in [4.78, 5) is 17.6. The maximum atomic E-state index is 15.1. The second-order valence-corrected chi connectivity index (χ2v) is 10.7. The van der Waals surface area contributed by atoms with Gasteiger partial charge in [-0.3, -0.25) is 4.90 Å². The van der Waals surface area contributed by atoms with Gasteiger partial charge in [-0.25, -0.2) is 9.28 Å². The lowest BCUT2D eigenvalue weighted by Crippen LogP contribution is -2.59. The van der Waals surface area contributed by atoms with Crippen LogP contribution in [0.4, 0.5) is 5.69 Å². The Kier molecular flexibility index (Phi) is 5.31. The van der Waals surface area contributed by atoms with Crippen LogP contribution in [-0.4, -0.2) is 50.4 Å². The smallest absolute Gasteiger partial charge is 0.338 e. The second-order valence-electron chi connectivity index (χ2n) is 10.7. The molecule has 4 aliphatic heterocycles. The Hall–Kier alpha value is -3.35. The van der Waals surface area contributed by atoms with Crippen molar-refractivity contribution in [3.8, 4) is 17.2 Å². The fraction of sp³-hybridized carbons (Fsp3) is 0.355. The highest BCUT2D eigenvalue weighted by atomic mass is 16.7. The van der Waals surface area contributed by atoms with Gasteiger partial charge in [-0.2, -0.15) is 0 Å². The van der Waals surface area contributed by atoms with Crippen LogP contribution in [0.5, 0.6) is 17.2 Å². The summed E-state index contributed by atoms with van der Waals surface area (Å²) in [6, 6.07) is 20.1. The van der Waals surface area contributed by atoms with Crippen LogP contribution >= 0.6 is 0 Å². The minimum Gasteiger partial charge on any atom is -0.491 e. The van der Waals surface area contributed by atoms with E-state index in [0.29, 0.717) is 35.9 Å². The van der Waals surface area contributed by atoms with Gasteiger partial charge in [0.05, 0.1) is 0 Å². The van der Waals surface area contributed by atoms with Gasteiger partial charge in [0.1, 0.15) is 31.1 Å². The first-order valence-corrected chi connectivity index (χ1v) is 13.3. The summed E-state index contributed by atoms with van der Waals surface area (Å²) in [7, 11) is 0. The Morgan fingerprint density at radius 3 is 2.51 bits per heavy atom. The maximum absolute atomic E-state index is 15.1. The van der Waals surface area contributed by atoms with Crippen molar-refractivity contribution < 1.29 is 19.0 Å². The number of fused-ring (bicyclic) bond motifs is 5. The quantitative estimate of drug-likeness (QED) is 0.481. The minimum atomic E-state index is -0.894. The van der Waals surface area contributed by atoms with Crippen LogP contribution < -0.4 is 18.7 Å². The van der Waals surface area contributed by atoms with Crippen molar-refractivity contribution in [3.05, 3.63) is 89.8 Å². The molecule has 6 heteroatoms. The molecule has 0 saturated carbocycles. The lowest BCUT2D eigenvalue weighted by molar-refractivity contribution is -0.134. The number of likely N-dealkylation sites (tertiary alicyclic amines) is 1. The molecule has 2 unspecified atom stereocenters. The number of rotatable bonds is 5. The zero-order valence-electron chi connectivity index (χ0n) is 20.9. The normalized spacial score (nSPS) is 25.8. The zero-order valence-corrected chi connectivity index (χ0v) is 20.9. The number of quaternary nitrogens is 1. The molecule has 0 aromatic heterocycles. The maximum Gasteiger partial charge on any atom is 0.338 e. The molecule has 7 rings (SSSR count). The van der Waals surface area contributed by atoms with Crippen LogP contribution in [0.25, 0.3) is 0 Å². The third-order valence-corrected chi connectivity index (χ3v) is 8.61. The number of benzene rings is 3. The van der Waals surface area contributed by atoms with Gasteiger partial charge in [0.15, 0.2) is 16.9 Å². The third-order valence-electron chi connectivity index (χ3n) is 8.61. The van der Waals surface area contributed by atoms with Crippen molar-refractivity contribution in [2.24, 2.45) is 0 Å². The highest BCUT2D eigenvalue weighted by molar-refractivity contribution is 6.08. The molecule has 3 aromatic carbocycles. The van der Waals surface area contributed by atoms with Gasteiger partial charge in [0.25, 0.3) is 0 Å². The lowest BCUT2D eigenvalue weighted by atomic mass is 9.77. The molecule has 0 aliphatic carbocycles. The molecule has 6 nitrogen and oxygen atoms in total. The molecule has 1 amide bonds. The Morgan fingerprint density at radius 2 is 1.68 bits per heavy atom. The van der Waals surface area contributed by atoms with Crippen LogP contribution in [0.2, 0.25) is 0 Å². The molecule has 1 fully saturated rings. The van der Waals surface area contributed by atoms with Crippen molar-refractivity contribution >= 4 is 11.6 Å². The molecule has 2 atom stereocenters. The number of ether oxygens (including phenoxy) is 3. The van der Waals surface area contributed by atoms with E-state index >= 15 is 4.79 Å². The average molecular weight is 496 g/mol. The molecular formula is C31H31N2O4+. The van der Waals surface area contributed by atoms with Crippen LogP contribution in [0.15, 0.2) is 60.7 Å². The summed E-state index contributed by atoms with van der Waals surface area (Å²) in [6.45, 7) is 10.9. The number of amides is 1. The predicted molar refractivity (Wildman–Crippen MR) is 141 cm³/mol. The number of para-hydroxylation sites is 1. The van der Waals surface area contributed by atoms with E-state index in [-0.39, 0.29) is 23.8 Å². The molecule has 0 N–H and O–H groups in total. The van der Waals surface area contributed by atoms with E-state index in [1.54, 1.807) is 0 Å². The first kappa shape index (κ1) is 22.8. The van der Waals surface area contributed by atoms with Crippen molar-refractivity contribution in [2.45, 2.75) is 31.2 Å². The van der Waals surface area contributed by atoms with Crippen LogP contribution in [-0.2, 0) is 16.8 Å². The van der Waals surface area contributed by atoms with Gasteiger partial charge >= 0.3 is 5.91 Å². The Bertz CT molecular complexity index is 1380. The molecule has 1 saturated heterocycles. The van der Waals surface area contributed by atoms with E-state index in [4.69, 9.17) is 21.1 Å². The topological polar surface area (TPSA) is 48.0 Å². The lowest BCUT2D eigenvalue weighted by Gasteiger charge is -2.36. The SMILES string of the molecule is [CH]c1cccc(C[N+]2(CCN3CCCCC3)C(=O)C3(COc4cc5c(cc43)OCO5)c3ccccc32)c1. The highest BCUT2D eigenvalue weighted by Crippen LogP contribution is 2.57. The van der Waals surface area contributed by atoms with Gasteiger partial charge in [0, 0.05) is 29.3 Å². The van der Waals surface area contributed by atoms with Crippen LogP contribution in [0.3, 0.4) is 0 Å². The van der Waals surface area contributed by atoms with Gasteiger partial charge in [-0.05, 0) is 56.6 Å². The van der Waals surface area contributed by atoms with Gasteiger partial charge in [0.2, 0.25) is 6.79 Å². The largest absolute Gasteiger partial charge is 0.491 e. The highest BCUT2D eigenvalue weighted by Gasteiger charge is 2.66. The number of carbonyl (C=O) groups excluding carboxylic acids is 1. The van der Waals surface area contributed by atoms with E-state index in [1.807, 2.05) is 36.4 Å². The number of piperidine rings is 1. The molecule has 188 valence electrons. The molecule has 2 radical (unpaired) electrons. The number of hydrogen-bond donors (Lipinski definition) is 0. The molecule has 4 heterocycles. The number of hydrogen-bond acceptors (Lipinski definition) is 5. The Morgan fingerprint density at radius 1 is 0.865 bits per heavy atom. The van der Waals surface area contributed by atoms with Crippen molar-refractivity contribution in [1.29, 1.82) is 0 Å². The van der Waals surface area contributed by atoms with E-state index in [2.05, 4.69) is 29.2 Å². The summed E-state index contributed by atoms with van der Waals surface area (Å²) in [5.74, 6) is 2.20. The third kappa shape index (κ3) is 3.42. The number of carbonyl (C=O) groups is 1. The minimum absolute atomic E-state index is 0.158. The standard InChI is InChI=1S/C31H31N2O4/c1-22-8-7-9-23(16-22)19-33(15-14-32-12-5-2-6-13-32)26-11-4-3-10-24(26)31(30(33)34)20-35-27-18-29-28(17-25(27)31)36-21-37-29/h1,3-4,7-11,16-18H,2,5-6,12-15,19-21H2/q+1. The van der Waals surface area contributed by atoms with Gasteiger partial charge in [-0.15, -0.1) is 0 Å². The fourth-order valence-corrected chi connectivity index (χ4v) is 6.79. The van der Waals surface area contributed by atoms with E-state index < -0.39 is 5.41 Å². The molecular weight excluding hydrogens is 464 g/mol. The van der Waals surface area contributed by atoms with E-state index in [1.165, 1.54) is 19.3 Å². The Labute approximate surface area is 217 Å². The van der Waals surface area contributed by atoms with Crippen molar-refractivity contribution in [2.75, 3.05) is 39.6 Å². The Balaban J connectivity index is 1.38. The summed E-state index contributed by atoms with van der Waals surface area (Å²) >= 11 is 0. The monoisotopic (exact) mass is 495 g/mol. The molecule has 0 bridgehead atoms. The first-order valence-electron chi connectivity index (χ1n) is 13.3. The zero-order chi connectivity index (χ0) is 25.0. The summed E-state index contributed by atoms with van der Waals surface area (Å²) < 4.78 is 17.8. The first-order chi connectivity index (χ1) is 18.1. The van der Waals surface area contributed by atoms with Crippen molar-refractivity contribution in [1.82, 2.24) is 9.38 Å². The van der Waals surface area contributed by atoms with Crippen molar-refractivity contribution in [3.63, 3.8) is 0 Å². The predicted octanol–water partition coefficient (Wildman–Crippen LogP) is 4.69.